The fourth-order valence-electron chi connectivity index (χ4n) is 6.10. The van der Waals surface area contributed by atoms with Crippen LogP contribution in [0, 0.1) is 0 Å². The van der Waals surface area contributed by atoms with Crippen molar-refractivity contribution in [1.82, 2.24) is 0 Å². The predicted octanol–water partition coefficient (Wildman–Crippen LogP) is 11.2. The maximum atomic E-state index is 12.7. The number of hydrogen-bond acceptors (Lipinski definition) is 10. The number of likely N-dealkylation sites (N-methyl/N-ethyl adjacent to an activating group) is 1. The fourth-order valence-corrected chi connectivity index (χ4v) is 6.83. The minimum Gasteiger partial charge on any atom is -0.756 e. The van der Waals surface area contributed by atoms with E-state index >= 15 is 0 Å². The summed E-state index contributed by atoms with van der Waals surface area (Å²) in [4.78, 5) is 42.1. The highest BCUT2D eigenvalue weighted by Gasteiger charge is 2.21. The molecule has 1 N–H and O–H groups in total. The van der Waals surface area contributed by atoms with E-state index in [0.717, 1.165) is 77.0 Å². The number of nitrogens with zero attached hydrogens (tertiary/aromatic N) is 1. The van der Waals surface area contributed by atoms with Crippen molar-refractivity contribution in [2.45, 2.75) is 199 Å². The number of allylic oxidation sites excluding steroid dienone is 3. The summed E-state index contributed by atoms with van der Waals surface area (Å²) in [6, 6.07) is 0. The molecule has 0 rings (SSSR count). The molecule has 0 spiro atoms. The Labute approximate surface area is 342 Å². The lowest BCUT2D eigenvalue weighted by Crippen LogP contribution is -2.37. The first kappa shape index (κ1) is 54.4. The van der Waals surface area contributed by atoms with Gasteiger partial charge in [-0.25, -0.2) is 4.89 Å². The molecule has 0 amide bonds. The first-order valence-electron chi connectivity index (χ1n) is 22.3. The average Bonchev–Trinajstić information content (AvgIpc) is 3.15. The van der Waals surface area contributed by atoms with Gasteiger partial charge in [-0.2, -0.15) is 0 Å². The van der Waals surface area contributed by atoms with Gasteiger partial charge in [-0.3, -0.25) is 19.4 Å². The SMILES string of the molecule is CCCCCCCCCCCCCCCCCC(=O)OC[C@H](COP(=O)([O-])OCC[N+](C)(C)C)OC(=O)CCCCCCC/C=C/C=C/[C@H](CCCCC)OO. The molecule has 56 heavy (non-hydrogen) atoms. The van der Waals surface area contributed by atoms with Gasteiger partial charge in [0.2, 0.25) is 0 Å². The molecule has 0 aromatic carbocycles. The summed E-state index contributed by atoms with van der Waals surface area (Å²) >= 11 is 0. The summed E-state index contributed by atoms with van der Waals surface area (Å²) in [5.74, 6) is -0.889. The Balaban J connectivity index is 4.44. The topological polar surface area (TPSA) is 141 Å². The quantitative estimate of drug-likeness (QED) is 0.0121. The van der Waals surface area contributed by atoms with Gasteiger partial charge in [0.1, 0.15) is 25.9 Å². The van der Waals surface area contributed by atoms with Gasteiger partial charge in [-0.1, -0.05) is 167 Å². The Bertz CT molecular complexity index is 1030. The second kappa shape index (κ2) is 37.7. The van der Waals surface area contributed by atoms with E-state index < -0.39 is 32.5 Å². The van der Waals surface area contributed by atoms with Crippen molar-refractivity contribution in [3.05, 3.63) is 24.3 Å². The largest absolute Gasteiger partial charge is 0.756 e. The molecule has 0 saturated heterocycles. The number of ether oxygens (including phenoxy) is 2. The number of unbranched alkanes of at least 4 members (excludes halogenated alkanes) is 21. The van der Waals surface area contributed by atoms with Crippen LogP contribution in [-0.2, 0) is 37.6 Å². The van der Waals surface area contributed by atoms with Crippen molar-refractivity contribution in [3.8, 4) is 0 Å². The summed E-state index contributed by atoms with van der Waals surface area (Å²) in [6.45, 7) is 4.04. The van der Waals surface area contributed by atoms with Gasteiger partial charge < -0.3 is 27.9 Å². The molecule has 1 unspecified atom stereocenters. The Morgan fingerprint density at radius 2 is 1.16 bits per heavy atom. The monoisotopic (exact) mass is 818 g/mol. The van der Waals surface area contributed by atoms with Crippen LogP contribution in [0.2, 0.25) is 0 Å². The van der Waals surface area contributed by atoms with E-state index in [0.29, 0.717) is 17.4 Å². The van der Waals surface area contributed by atoms with Gasteiger partial charge in [0, 0.05) is 12.8 Å². The van der Waals surface area contributed by atoms with Crippen LogP contribution >= 0.6 is 7.82 Å². The van der Waals surface area contributed by atoms with Gasteiger partial charge in [-0.15, -0.1) is 0 Å². The molecule has 0 aliphatic heterocycles. The Morgan fingerprint density at radius 1 is 0.661 bits per heavy atom. The lowest BCUT2D eigenvalue weighted by atomic mass is 10.0. The molecule has 11 nitrogen and oxygen atoms in total. The van der Waals surface area contributed by atoms with E-state index in [1.54, 1.807) is 0 Å². The molecular formula is C44H84NO10P. The molecule has 0 aromatic heterocycles. The smallest absolute Gasteiger partial charge is 0.306 e. The normalized spacial score (nSPS) is 14.3. The molecule has 12 heteroatoms. The fraction of sp³-hybridized carbons (Fsp3) is 0.864. The lowest BCUT2D eigenvalue weighted by Gasteiger charge is -2.28. The van der Waals surface area contributed by atoms with E-state index in [1.807, 2.05) is 39.4 Å². The van der Waals surface area contributed by atoms with Crippen molar-refractivity contribution in [2.75, 3.05) is 47.5 Å². The maximum absolute atomic E-state index is 12.7. The van der Waals surface area contributed by atoms with Gasteiger partial charge in [0.15, 0.2) is 6.10 Å². The number of phosphoric ester groups is 1. The number of rotatable bonds is 41. The highest BCUT2D eigenvalue weighted by atomic mass is 31.2. The van der Waals surface area contributed by atoms with Crippen LogP contribution in [0.4, 0.5) is 0 Å². The molecule has 0 heterocycles. The molecule has 0 radical (unpaired) electrons. The first-order chi connectivity index (χ1) is 26.9. The molecule has 0 fully saturated rings. The minimum absolute atomic E-state index is 0.0457. The number of hydrogen-bond donors (Lipinski definition) is 1. The van der Waals surface area contributed by atoms with Gasteiger partial charge in [-0.05, 0) is 32.1 Å². The van der Waals surface area contributed by atoms with Crippen LogP contribution in [0.5, 0.6) is 0 Å². The van der Waals surface area contributed by atoms with E-state index in [1.165, 1.54) is 77.0 Å². The lowest BCUT2D eigenvalue weighted by molar-refractivity contribution is -0.870. The van der Waals surface area contributed by atoms with E-state index in [4.69, 9.17) is 23.8 Å². The second-order valence-electron chi connectivity index (χ2n) is 16.3. The van der Waals surface area contributed by atoms with Gasteiger partial charge in [0.05, 0.1) is 27.7 Å². The number of carbonyl (C=O) groups excluding carboxylic acids is 2. The predicted molar refractivity (Wildman–Crippen MR) is 225 cm³/mol. The molecule has 0 aromatic rings. The number of esters is 2. The number of quaternary nitrogens is 1. The second-order valence-corrected chi connectivity index (χ2v) is 17.8. The Morgan fingerprint density at radius 3 is 1.70 bits per heavy atom. The van der Waals surface area contributed by atoms with Crippen molar-refractivity contribution in [1.29, 1.82) is 0 Å². The van der Waals surface area contributed by atoms with Crippen molar-refractivity contribution < 1.29 is 52.2 Å². The van der Waals surface area contributed by atoms with E-state index in [-0.39, 0.29) is 32.2 Å². The third-order valence-corrected chi connectivity index (χ3v) is 10.7. The van der Waals surface area contributed by atoms with Crippen LogP contribution in [0.1, 0.15) is 187 Å². The van der Waals surface area contributed by atoms with E-state index in [9.17, 15) is 19.0 Å². The molecule has 0 saturated carbocycles. The van der Waals surface area contributed by atoms with Crippen LogP contribution in [0.3, 0.4) is 0 Å². The zero-order chi connectivity index (χ0) is 41.6. The van der Waals surface area contributed by atoms with Crippen LogP contribution < -0.4 is 4.89 Å². The summed E-state index contributed by atoms with van der Waals surface area (Å²) in [6.07, 6.45) is 35.1. The van der Waals surface area contributed by atoms with Crippen molar-refractivity contribution >= 4 is 19.8 Å². The summed E-state index contributed by atoms with van der Waals surface area (Å²) in [7, 11) is 1.11. The summed E-state index contributed by atoms with van der Waals surface area (Å²) < 4.78 is 33.8. The maximum Gasteiger partial charge on any atom is 0.306 e. The molecule has 0 bridgehead atoms. The van der Waals surface area contributed by atoms with Crippen molar-refractivity contribution in [3.63, 3.8) is 0 Å². The third kappa shape index (κ3) is 39.2. The molecule has 3 atom stereocenters. The highest BCUT2D eigenvalue weighted by Crippen LogP contribution is 2.38. The zero-order valence-electron chi connectivity index (χ0n) is 36.4. The van der Waals surface area contributed by atoms with Crippen LogP contribution in [0.25, 0.3) is 0 Å². The minimum atomic E-state index is -4.64. The standard InChI is InChI=1S/C44H84NO10P/c1-6-8-10-11-12-13-14-15-16-17-18-21-24-27-31-35-43(46)51-39-42(40-53-56(49,50)52-38-37-45(3,4)5)54-44(47)36-32-28-25-22-19-20-23-26-30-34-41(55-48)33-29-9-7-2/h23,26,30,34,41-42H,6-22,24-25,27-29,31-33,35-40H2,1-5H3,(H-,48,49,50)/b26-23+,34-30+/t41-,42+/m0/s1. The third-order valence-electron chi connectivity index (χ3n) is 9.70. The van der Waals surface area contributed by atoms with Gasteiger partial charge >= 0.3 is 11.9 Å². The number of phosphoric acid groups is 1. The Kier molecular flexibility index (Phi) is 36.6. The highest BCUT2D eigenvalue weighted by molar-refractivity contribution is 7.45. The molecule has 0 aliphatic carbocycles. The average molecular weight is 818 g/mol. The van der Waals surface area contributed by atoms with Crippen molar-refractivity contribution in [2.24, 2.45) is 0 Å². The van der Waals surface area contributed by atoms with Gasteiger partial charge in [0.25, 0.3) is 7.82 Å². The summed E-state index contributed by atoms with van der Waals surface area (Å²) in [5.41, 5.74) is 0. The zero-order valence-corrected chi connectivity index (χ0v) is 37.3. The molecular weight excluding hydrogens is 733 g/mol. The Hall–Kier alpha value is -1.59. The number of carbonyl (C=O) groups is 2. The van der Waals surface area contributed by atoms with Crippen LogP contribution in [0.15, 0.2) is 24.3 Å². The van der Waals surface area contributed by atoms with Crippen LogP contribution in [-0.4, -0.2) is 81.4 Å². The first-order valence-corrected chi connectivity index (χ1v) is 23.8. The molecule has 330 valence electrons. The summed E-state index contributed by atoms with van der Waals surface area (Å²) in [5, 5.41) is 9.03. The van der Waals surface area contributed by atoms with E-state index in [2.05, 4.69) is 24.8 Å². The molecule has 0 aliphatic rings.